The van der Waals surface area contributed by atoms with Crippen molar-refractivity contribution in [1.82, 2.24) is 4.98 Å². The van der Waals surface area contributed by atoms with E-state index < -0.39 is 4.92 Å². The summed E-state index contributed by atoms with van der Waals surface area (Å²) in [7, 11) is 1.44. The quantitative estimate of drug-likeness (QED) is 0.496. The van der Waals surface area contributed by atoms with Crippen molar-refractivity contribution in [3.63, 3.8) is 0 Å². The number of hydrogen-bond acceptors (Lipinski definition) is 4. The third-order valence-electron chi connectivity index (χ3n) is 1.34. The van der Waals surface area contributed by atoms with Crippen LogP contribution in [0.25, 0.3) is 0 Å². The van der Waals surface area contributed by atoms with Crippen LogP contribution < -0.4 is 4.74 Å². The minimum absolute atomic E-state index is 0.253. The van der Waals surface area contributed by atoms with Gasteiger partial charge in [-0.25, -0.2) is 4.98 Å². The Morgan fingerprint density at radius 1 is 1.75 bits per heavy atom. The molecule has 0 aromatic carbocycles. The molecular formula is C7H8N2O3. The molecule has 0 bridgehead atoms. The third-order valence-corrected chi connectivity index (χ3v) is 1.34. The third kappa shape index (κ3) is 1.91. The Morgan fingerprint density at radius 3 is 3.08 bits per heavy atom. The zero-order valence-corrected chi connectivity index (χ0v) is 6.56. The van der Waals surface area contributed by atoms with E-state index in [1.54, 1.807) is 12.1 Å². The maximum Gasteiger partial charge on any atom is 0.234 e. The molecule has 1 aromatic heterocycles. The second-order valence-corrected chi connectivity index (χ2v) is 2.16. The van der Waals surface area contributed by atoms with E-state index in [9.17, 15) is 10.1 Å². The van der Waals surface area contributed by atoms with Crippen LogP contribution in [0.2, 0.25) is 0 Å². The molecule has 0 N–H and O–H groups in total. The molecule has 0 spiro atoms. The molecule has 1 rings (SSSR count). The van der Waals surface area contributed by atoms with Gasteiger partial charge in [0.25, 0.3) is 0 Å². The van der Waals surface area contributed by atoms with Crippen LogP contribution in [0.5, 0.6) is 5.88 Å². The highest BCUT2D eigenvalue weighted by molar-refractivity contribution is 5.24. The molecule has 0 saturated heterocycles. The van der Waals surface area contributed by atoms with Gasteiger partial charge < -0.3 is 4.74 Å². The first kappa shape index (κ1) is 8.45. The lowest BCUT2D eigenvalue weighted by molar-refractivity contribution is -0.497. The van der Waals surface area contributed by atoms with E-state index in [1.807, 2.05) is 0 Å². The van der Waals surface area contributed by atoms with Crippen LogP contribution in [0.4, 0.5) is 0 Å². The van der Waals surface area contributed by atoms with E-state index >= 15 is 0 Å². The largest absolute Gasteiger partial charge is 0.481 e. The summed E-state index contributed by atoms with van der Waals surface area (Å²) in [6.07, 6.45) is 1.53. The van der Waals surface area contributed by atoms with Crippen LogP contribution in [0.3, 0.4) is 0 Å². The molecule has 0 unspecified atom stereocenters. The van der Waals surface area contributed by atoms with Gasteiger partial charge in [0.15, 0.2) is 0 Å². The van der Waals surface area contributed by atoms with Gasteiger partial charge in [0.1, 0.15) is 0 Å². The monoisotopic (exact) mass is 168 g/mol. The average Bonchev–Trinajstić information content (AvgIpc) is 2.04. The minimum atomic E-state index is -0.417. The number of nitro groups is 1. The predicted octanol–water partition coefficient (Wildman–Crippen LogP) is 0.867. The summed E-state index contributed by atoms with van der Waals surface area (Å²) >= 11 is 0. The minimum Gasteiger partial charge on any atom is -0.481 e. The van der Waals surface area contributed by atoms with Gasteiger partial charge in [-0.3, -0.25) is 10.1 Å². The molecule has 0 aliphatic heterocycles. The summed E-state index contributed by atoms with van der Waals surface area (Å²) in [5, 5.41) is 10.2. The Hall–Kier alpha value is -1.65. The molecule has 0 radical (unpaired) electrons. The molecular weight excluding hydrogens is 160 g/mol. The molecule has 5 heteroatoms. The van der Waals surface area contributed by atoms with E-state index in [2.05, 4.69) is 4.98 Å². The van der Waals surface area contributed by atoms with Crippen LogP contribution in [0, 0.1) is 10.1 Å². The Bertz CT molecular complexity index is 288. The van der Waals surface area contributed by atoms with Crippen molar-refractivity contribution in [2.24, 2.45) is 0 Å². The van der Waals surface area contributed by atoms with Crippen molar-refractivity contribution < 1.29 is 9.66 Å². The van der Waals surface area contributed by atoms with E-state index in [-0.39, 0.29) is 6.54 Å². The molecule has 1 heterocycles. The number of ether oxygens (including phenoxy) is 1. The summed E-state index contributed by atoms with van der Waals surface area (Å²) in [5.41, 5.74) is 0.491. The fraction of sp³-hybridized carbons (Fsp3) is 0.286. The zero-order chi connectivity index (χ0) is 8.97. The number of methoxy groups -OCH3 is 1. The second-order valence-electron chi connectivity index (χ2n) is 2.16. The summed E-state index contributed by atoms with van der Waals surface area (Å²) in [5.74, 6) is 0.314. The maximum absolute atomic E-state index is 10.2. The second kappa shape index (κ2) is 3.66. The topological polar surface area (TPSA) is 65.3 Å². The fourth-order valence-corrected chi connectivity index (χ4v) is 0.867. The van der Waals surface area contributed by atoms with E-state index in [4.69, 9.17) is 4.74 Å². The summed E-state index contributed by atoms with van der Waals surface area (Å²) < 4.78 is 4.83. The summed E-state index contributed by atoms with van der Waals surface area (Å²) in [6, 6.07) is 3.26. The van der Waals surface area contributed by atoms with Gasteiger partial charge in [-0.15, -0.1) is 0 Å². The van der Waals surface area contributed by atoms with Gasteiger partial charge in [0.05, 0.1) is 12.7 Å². The lowest BCUT2D eigenvalue weighted by Crippen LogP contribution is -2.01. The van der Waals surface area contributed by atoms with E-state index in [1.165, 1.54) is 13.3 Å². The van der Waals surface area contributed by atoms with Crippen LogP contribution in [-0.4, -0.2) is 17.0 Å². The van der Waals surface area contributed by atoms with Crippen LogP contribution in [0.15, 0.2) is 18.3 Å². The average molecular weight is 168 g/mol. The molecule has 0 saturated carbocycles. The zero-order valence-electron chi connectivity index (χ0n) is 6.56. The van der Waals surface area contributed by atoms with Crippen molar-refractivity contribution in [1.29, 1.82) is 0 Å². The summed E-state index contributed by atoms with van der Waals surface area (Å²) in [4.78, 5) is 13.6. The normalized spacial score (nSPS) is 9.42. The maximum atomic E-state index is 10.2. The van der Waals surface area contributed by atoms with Crippen molar-refractivity contribution in [3.8, 4) is 5.88 Å². The first-order valence-electron chi connectivity index (χ1n) is 3.33. The van der Waals surface area contributed by atoms with Gasteiger partial charge in [-0.05, 0) is 12.1 Å². The highest BCUT2D eigenvalue weighted by atomic mass is 16.6. The Labute approximate surface area is 69.1 Å². The fourth-order valence-electron chi connectivity index (χ4n) is 0.867. The smallest absolute Gasteiger partial charge is 0.234 e. The van der Waals surface area contributed by atoms with Gasteiger partial charge in [-0.1, -0.05) is 0 Å². The van der Waals surface area contributed by atoms with Crippen LogP contribution in [0.1, 0.15) is 5.56 Å². The van der Waals surface area contributed by atoms with Gasteiger partial charge >= 0.3 is 0 Å². The van der Waals surface area contributed by atoms with Gasteiger partial charge in [-0.2, -0.15) is 0 Å². The highest BCUT2D eigenvalue weighted by Crippen LogP contribution is 2.13. The molecule has 0 amide bonds. The SMILES string of the molecule is COc1ncccc1C[N+](=O)[O-]. The molecule has 12 heavy (non-hydrogen) atoms. The lowest BCUT2D eigenvalue weighted by Gasteiger charge is -2.01. The van der Waals surface area contributed by atoms with Crippen LogP contribution >= 0.6 is 0 Å². The Morgan fingerprint density at radius 2 is 2.50 bits per heavy atom. The van der Waals surface area contributed by atoms with Crippen molar-refractivity contribution in [2.75, 3.05) is 7.11 Å². The van der Waals surface area contributed by atoms with E-state index in [0.29, 0.717) is 11.4 Å². The number of rotatable bonds is 3. The number of hydrogen-bond donors (Lipinski definition) is 0. The highest BCUT2D eigenvalue weighted by Gasteiger charge is 2.08. The molecule has 64 valence electrons. The molecule has 0 atom stereocenters. The Kier molecular flexibility index (Phi) is 2.57. The number of nitrogens with zero attached hydrogens (tertiary/aromatic N) is 2. The first-order chi connectivity index (χ1) is 5.74. The van der Waals surface area contributed by atoms with Gasteiger partial charge in [0.2, 0.25) is 12.4 Å². The molecule has 5 nitrogen and oxygen atoms in total. The molecule has 0 aliphatic rings. The predicted molar refractivity (Wildman–Crippen MR) is 41.5 cm³/mol. The van der Waals surface area contributed by atoms with Crippen molar-refractivity contribution in [2.45, 2.75) is 6.54 Å². The molecule has 0 fully saturated rings. The van der Waals surface area contributed by atoms with E-state index in [0.717, 1.165) is 0 Å². The Balaban J connectivity index is 2.89. The van der Waals surface area contributed by atoms with Gasteiger partial charge in [0, 0.05) is 11.1 Å². The molecule has 0 aliphatic carbocycles. The number of aromatic nitrogens is 1. The lowest BCUT2D eigenvalue weighted by atomic mass is 10.3. The standard InChI is InChI=1S/C7H8N2O3/c1-12-7-6(5-9(10)11)3-2-4-8-7/h2-4H,5H2,1H3. The van der Waals surface area contributed by atoms with Crippen molar-refractivity contribution >= 4 is 0 Å². The number of pyridine rings is 1. The molecule has 1 aromatic rings. The summed E-state index contributed by atoms with van der Waals surface area (Å²) in [6.45, 7) is -0.253. The van der Waals surface area contributed by atoms with Crippen molar-refractivity contribution in [3.05, 3.63) is 34.0 Å². The first-order valence-corrected chi connectivity index (χ1v) is 3.33. The van der Waals surface area contributed by atoms with Crippen LogP contribution in [-0.2, 0) is 6.54 Å².